The average Bonchev–Trinajstić information content (AvgIpc) is 2.59. The number of carbonyl (C=O) groups excluding carboxylic acids is 1. The molecule has 0 unspecified atom stereocenters. The van der Waals surface area contributed by atoms with Crippen LogP contribution in [0.4, 0.5) is 5.69 Å². The molecule has 0 aromatic heterocycles. The average molecular weight is 327 g/mol. The van der Waals surface area contributed by atoms with Crippen molar-refractivity contribution < 1.29 is 19.4 Å². The second-order valence-corrected chi connectivity index (χ2v) is 5.27. The van der Waals surface area contributed by atoms with Crippen LogP contribution in [-0.4, -0.2) is 24.8 Å². The van der Waals surface area contributed by atoms with Crippen LogP contribution >= 0.6 is 0 Å². The molecule has 0 aliphatic rings. The highest BCUT2D eigenvalue weighted by Crippen LogP contribution is 2.22. The summed E-state index contributed by atoms with van der Waals surface area (Å²) in [6.07, 6.45) is 4.54. The van der Waals surface area contributed by atoms with Gasteiger partial charge >= 0.3 is 5.97 Å². The number of anilines is 1. The summed E-state index contributed by atoms with van der Waals surface area (Å²) < 4.78 is 10.3. The highest BCUT2D eigenvalue weighted by molar-refractivity contribution is 5.87. The maximum absolute atomic E-state index is 11.7. The second-order valence-electron chi connectivity index (χ2n) is 5.27. The first-order valence-corrected chi connectivity index (χ1v) is 7.65. The molecule has 3 N–H and O–H groups in total. The van der Waals surface area contributed by atoms with Crippen LogP contribution in [0.3, 0.4) is 0 Å². The van der Waals surface area contributed by atoms with Crippen molar-refractivity contribution in [3.63, 3.8) is 0 Å². The van der Waals surface area contributed by atoms with Crippen molar-refractivity contribution in [2.75, 3.05) is 19.5 Å². The molecular weight excluding hydrogens is 306 g/mol. The van der Waals surface area contributed by atoms with Gasteiger partial charge in [0.25, 0.3) is 0 Å². The fourth-order valence-electron chi connectivity index (χ4n) is 2.16. The van der Waals surface area contributed by atoms with Crippen LogP contribution in [0.25, 0.3) is 6.08 Å². The van der Waals surface area contributed by atoms with Gasteiger partial charge in [-0.15, -0.1) is 0 Å². The molecule has 2 rings (SSSR count). The summed E-state index contributed by atoms with van der Waals surface area (Å²) in [5, 5.41) is 9.21. The van der Waals surface area contributed by atoms with Gasteiger partial charge < -0.3 is 20.3 Å². The monoisotopic (exact) mass is 327 g/mol. The fourth-order valence-corrected chi connectivity index (χ4v) is 2.16. The summed E-state index contributed by atoms with van der Waals surface area (Å²) in [6, 6.07) is 12.3. The molecule has 0 fully saturated rings. The van der Waals surface area contributed by atoms with Gasteiger partial charge in [0.1, 0.15) is 11.5 Å². The van der Waals surface area contributed by atoms with E-state index < -0.39 is 5.97 Å². The number of benzene rings is 2. The SMILES string of the molecule is COc1cc(/C=C/C(=O)OCCCc2ccc(O)cc2)ccc1N. The van der Waals surface area contributed by atoms with Crippen LogP contribution < -0.4 is 10.5 Å². The summed E-state index contributed by atoms with van der Waals surface area (Å²) in [4.78, 5) is 11.7. The molecule has 24 heavy (non-hydrogen) atoms. The van der Waals surface area contributed by atoms with E-state index in [4.69, 9.17) is 15.2 Å². The van der Waals surface area contributed by atoms with Crippen LogP contribution in [0.5, 0.6) is 11.5 Å². The van der Waals surface area contributed by atoms with Crippen molar-refractivity contribution >= 4 is 17.7 Å². The molecule has 0 atom stereocenters. The highest BCUT2D eigenvalue weighted by atomic mass is 16.5. The Kier molecular flexibility index (Phi) is 6.25. The maximum atomic E-state index is 11.7. The van der Waals surface area contributed by atoms with Gasteiger partial charge in [0.15, 0.2) is 0 Å². The smallest absolute Gasteiger partial charge is 0.330 e. The molecular formula is C19H21NO4. The first kappa shape index (κ1) is 17.4. The molecule has 5 nitrogen and oxygen atoms in total. The molecule has 0 aliphatic carbocycles. The zero-order chi connectivity index (χ0) is 17.4. The van der Waals surface area contributed by atoms with Crippen LogP contribution in [0.1, 0.15) is 17.5 Å². The fraction of sp³-hybridized carbons (Fsp3) is 0.211. The lowest BCUT2D eigenvalue weighted by atomic mass is 10.1. The molecule has 0 heterocycles. The Labute approximate surface area is 141 Å². The quantitative estimate of drug-likeness (QED) is 0.353. The van der Waals surface area contributed by atoms with Gasteiger partial charge in [0, 0.05) is 6.08 Å². The number of nitrogens with two attached hydrogens (primary N) is 1. The van der Waals surface area contributed by atoms with E-state index in [0.717, 1.165) is 24.0 Å². The van der Waals surface area contributed by atoms with Crippen LogP contribution in [0, 0.1) is 0 Å². The number of carbonyl (C=O) groups is 1. The van der Waals surface area contributed by atoms with Gasteiger partial charge in [-0.1, -0.05) is 18.2 Å². The van der Waals surface area contributed by atoms with Gasteiger partial charge in [0.2, 0.25) is 0 Å². The zero-order valence-electron chi connectivity index (χ0n) is 13.6. The first-order valence-electron chi connectivity index (χ1n) is 7.65. The number of hydrogen-bond acceptors (Lipinski definition) is 5. The minimum atomic E-state index is -0.392. The standard InChI is InChI=1S/C19H21NO4/c1-23-18-13-15(6-10-17(18)20)7-11-19(22)24-12-2-3-14-4-8-16(21)9-5-14/h4-11,13,21H,2-3,12,20H2,1H3/b11-7+. The third-order valence-electron chi connectivity index (χ3n) is 3.46. The molecule has 126 valence electrons. The number of aryl methyl sites for hydroxylation is 1. The van der Waals surface area contributed by atoms with Crippen LogP contribution in [0.15, 0.2) is 48.5 Å². The van der Waals surface area contributed by atoms with Crippen molar-refractivity contribution in [3.8, 4) is 11.5 Å². The molecule has 2 aromatic rings. The van der Waals surface area contributed by atoms with Crippen LogP contribution in [0.2, 0.25) is 0 Å². The van der Waals surface area contributed by atoms with E-state index in [1.54, 1.807) is 43.5 Å². The Morgan fingerprint density at radius 1 is 1.21 bits per heavy atom. The third-order valence-corrected chi connectivity index (χ3v) is 3.46. The summed E-state index contributed by atoms with van der Waals surface area (Å²) in [6.45, 7) is 0.342. The largest absolute Gasteiger partial charge is 0.508 e. The number of phenols is 1. The van der Waals surface area contributed by atoms with E-state index in [1.807, 2.05) is 12.1 Å². The van der Waals surface area contributed by atoms with Crippen LogP contribution in [-0.2, 0) is 16.0 Å². The molecule has 0 spiro atoms. The highest BCUT2D eigenvalue weighted by Gasteiger charge is 2.01. The summed E-state index contributed by atoms with van der Waals surface area (Å²) in [5.74, 6) is 0.422. The number of methoxy groups -OCH3 is 1. The van der Waals surface area contributed by atoms with E-state index in [2.05, 4.69) is 0 Å². The topological polar surface area (TPSA) is 81.8 Å². The molecule has 0 saturated carbocycles. The zero-order valence-corrected chi connectivity index (χ0v) is 13.6. The lowest BCUT2D eigenvalue weighted by Gasteiger charge is -2.05. The first-order chi connectivity index (χ1) is 11.6. The number of ether oxygens (including phenoxy) is 2. The van der Waals surface area contributed by atoms with E-state index in [9.17, 15) is 9.90 Å². The van der Waals surface area contributed by atoms with Gasteiger partial charge in [-0.3, -0.25) is 0 Å². The molecule has 5 heteroatoms. The van der Waals surface area contributed by atoms with Gasteiger partial charge in [-0.2, -0.15) is 0 Å². The Bertz CT molecular complexity index is 708. The molecule has 0 radical (unpaired) electrons. The van der Waals surface area contributed by atoms with Crippen molar-refractivity contribution in [3.05, 3.63) is 59.7 Å². The van der Waals surface area contributed by atoms with E-state index in [0.29, 0.717) is 18.0 Å². The number of rotatable bonds is 7. The van der Waals surface area contributed by atoms with Crippen molar-refractivity contribution in [1.29, 1.82) is 0 Å². The molecule has 2 aromatic carbocycles. The van der Waals surface area contributed by atoms with Crippen molar-refractivity contribution in [1.82, 2.24) is 0 Å². The van der Waals surface area contributed by atoms with E-state index in [1.165, 1.54) is 6.08 Å². The third kappa shape index (κ3) is 5.35. The lowest BCUT2D eigenvalue weighted by molar-refractivity contribution is -0.137. The summed E-state index contributed by atoms with van der Waals surface area (Å²) >= 11 is 0. The summed E-state index contributed by atoms with van der Waals surface area (Å²) in [7, 11) is 1.54. The lowest BCUT2D eigenvalue weighted by Crippen LogP contribution is -2.03. The number of phenolic OH excluding ortho intramolecular Hbond substituents is 1. The predicted molar refractivity (Wildman–Crippen MR) is 93.8 cm³/mol. The molecule has 0 saturated heterocycles. The summed E-state index contributed by atoms with van der Waals surface area (Å²) in [5.41, 5.74) is 8.18. The molecule has 0 bridgehead atoms. The number of esters is 1. The Morgan fingerprint density at radius 2 is 1.96 bits per heavy atom. The number of nitrogen functional groups attached to an aromatic ring is 1. The second kappa shape index (κ2) is 8.62. The number of hydrogen-bond donors (Lipinski definition) is 2. The minimum absolute atomic E-state index is 0.245. The Morgan fingerprint density at radius 3 is 2.67 bits per heavy atom. The minimum Gasteiger partial charge on any atom is -0.508 e. The van der Waals surface area contributed by atoms with Gasteiger partial charge in [-0.25, -0.2) is 4.79 Å². The van der Waals surface area contributed by atoms with Crippen molar-refractivity contribution in [2.45, 2.75) is 12.8 Å². The Balaban J connectivity index is 1.75. The van der Waals surface area contributed by atoms with E-state index in [-0.39, 0.29) is 5.75 Å². The number of aromatic hydroxyl groups is 1. The van der Waals surface area contributed by atoms with E-state index >= 15 is 0 Å². The molecule has 0 amide bonds. The normalized spacial score (nSPS) is 10.7. The van der Waals surface area contributed by atoms with Gasteiger partial charge in [0.05, 0.1) is 19.4 Å². The molecule has 0 aliphatic heterocycles. The maximum Gasteiger partial charge on any atom is 0.330 e. The predicted octanol–water partition coefficient (Wildman–Crippen LogP) is 3.17. The van der Waals surface area contributed by atoms with Crippen molar-refractivity contribution in [2.24, 2.45) is 0 Å². The van der Waals surface area contributed by atoms with Gasteiger partial charge in [-0.05, 0) is 54.3 Å². The Hall–Kier alpha value is -2.95.